The van der Waals surface area contributed by atoms with Crippen LogP contribution < -0.4 is 5.32 Å². The van der Waals surface area contributed by atoms with Crippen LogP contribution in [0.5, 0.6) is 0 Å². The Morgan fingerprint density at radius 3 is 2.88 bits per heavy atom. The molecule has 16 heavy (non-hydrogen) atoms. The Hall–Kier alpha value is -0.860. The van der Waals surface area contributed by atoms with Gasteiger partial charge in [-0.25, -0.2) is 0 Å². The molecule has 1 aromatic carbocycles. The fraction of sp³-hybridized carbons (Fsp3) is 0.571. The molecule has 1 fully saturated rings. The number of nitrogens with one attached hydrogen (secondary N) is 1. The van der Waals surface area contributed by atoms with E-state index in [2.05, 4.69) is 29.6 Å². The van der Waals surface area contributed by atoms with Gasteiger partial charge in [0, 0.05) is 18.5 Å². The number of benzene rings is 1. The smallest absolute Gasteiger partial charge is 0.0693 e. The van der Waals surface area contributed by atoms with Crippen molar-refractivity contribution in [3.05, 3.63) is 35.4 Å². The quantitative estimate of drug-likeness (QED) is 0.809. The fourth-order valence-corrected chi connectivity index (χ4v) is 3.02. The number of aliphatic hydroxyl groups excluding tert-OH is 1. The zero-order valence-electron chi connectivity index (χ0n) is 9.52. The lowest BCUT2D eigenvalue weighted by Crippen LogP contribution is -2.40. The van der Waals surface area contributed by atoms with Crippen LogP contribution in [0, 0.1) is 0 Å². The van der Waals surface area contributed by atoms with E-state index >= 15 is 0 Å². The van der Waals surface area contributed by atoms with Gasteiger partial charge in [0.25, 0.3) is 0 Å². The molecule has 2 N–H and O–H groups in total. The summed E-state index contributed by atoms with van der Waals surface area (Å²) in [5.41, 5.74) is 3.00. The van der Waals surface area contributed by atoms with Gasteiger partial charge in [-0.05, 0) is 36.8 Å². The number of hydrogen-bond acceptors (Lipinski definition) is 2. The monoisotopic (exact) mass is 217 g/mol. The van der Waals surface area contributed by atoms with Crippen LogP contribution in [0.1, 0.15) is 36.3 Å². The van der Waals surface area contributed by atoms with Gasteiger partial charge in [0.1, 0.15) is 0 Å². The molecule has 3 unspecified atom stereocenters. The summed E-state index contributed by atoms with van der Waals surface area (Å²) in [6.45, 7) is 1.03. The second kappa shape index (κ2) is 4.19. The average molecular weight is 217 g/mol. The summed E-state index contributed by atoms with van der Waals surface area (Å²) in [5.74, 6) is 0.670. The van der Waals surface area contributed by atoms with Crippen LogP contribution in [0.25, 0.3) is 0 Å². The molecule has 0 heterocycles. The molecule has 86 valence electrons. The molecular formula is C14H19NO. The first-order chi connectivity index (χ1) is 7.84. The van der Waals surface area contributed by atoms with E-state index in [9.17, 15) is 5.11 Å². The predicted molar refractivity (Wildman–Crippen MR) is 64.5 cm³/mol. The molecule has 0 amide bonds. The minimum absolute atomic E-state index is 0.115. The number of aliphatic hydroxyl groups is 1. The molecule has 0 spiro atoms. The topological polar surface area (TPSA) is 32.3 Å². The number of rotatable bonds is 3. The van der Waals surface area contributed by atoms with E-state index in [0.717, 1.165) is 19.4 Å². The minimum Gasteiger partial charge on any atom is -0.392 e. The lowest BCUT2D eigenvalue weighted by molar-refractivity contribution is 0.148. The molecule has 0 bridgehead atoms. The van der Waals surface area contributed by atoms with Crippen molar-refractivity contribution in [3.63, 3.8) is 0 Å². The Bertz CT molecular complexity index is 377. The summed E-state index contributed by atoms with van der Waals surface area (Å²) < 4.78 is 0. The highest BCUT2D eigenvalue weighted by Crippen LogP contribution is 2.34. The third kappa shape index (κ3) is 1.76. The van der Waals surface area contributed by atoms with Gasteiger partial charge < -0.3 is 10.4 Å². The van der Waals surface area contributed by atoms with Gasteiger partial charge in [-0.15, -0.1) is 0 Å². The Morgan fingerprint density at radius 1 is 1.25 bits per heavy atom. The van der Waals surface area contributed by atoms with Crippen molar-refractivity contribution < 1.29 is 5.11 Å². The molecular weight excluding hydrogens is 198 g/mol. The third-order valence-electron chi connectivity index (χ3n) is 4.07. The van der Waals surface area contributed by atoms with Crippen LogP contribution in [0.15, 0.2) is 24.3 Å². The number of fused-ring (bicyclic) bond motifs is 1. The van der Waals surface area contributed by atoms with Crippen LogP contribution in [0.2, 0.25) is 0 Å². The molecule has 3 rings (SSSR count). The maximum absolute atomic E-state index is 9.73. The molecule has 2 aliphatic rings. The molecule has 1 saturated carbocycles. The lowest BCUT2D eigenvalue weighted by atomic mass is 9.77. The highest BCUT2D eigenvalue weighted by atomic mass is 16.3. The van der Waals surface area contributed by atoms with Gasteiger partial charge in [-0.1, -0.05) is 24.3 Å². The summed E-state index contributed by atoms with van der Waals surface area (Å²) in [5, 5.41) is 13.2. The van der Waals surface area contributed by atoms with E-state index < -0.39 is 0 Å². The summed E-state index contributed by atoms with van der Waals surface area (Å²) >= 11 is 0. The zero-order chi connectivity index (χ0) is 11.0. The van der Waals surface area contributed by atoms with Gasteiger partial charge in [-0.2, -0.15) is 0 Å². The second-order valence-electron chi connectivity index (χ2n) is 5.11. The van der Waals surface area contributed by atoms with E-state index in [1.54, 1.807) is 0 Å². The molecule has 3 atom stereocenters. The van der Waals surface area contributed by atoms with Crippen LogP contribution in [-0.4, -0.2) is 23.8 Å². The first kappa shape index (κ1) is 10.3. The maximum atomic E-state index is 9.73. The zero-order valence-corrected chi connectivity index (χ0v) is 9.52. The van der Waals surface area contributed by atoms with Crippen molar-refractivity contribution >= 4 is 0 Å². The summed E-state index contributed by atoms with van der Waals surface area (Å²) in [6, 6.07) is 9.03. The van der Waals surface area contributed by atoms with Crippen LogP contribution >= 0.6 is 0 Å². The average Bonchev–Trinajstić information content (AvgIpc) is 2.66. The third-order valence-corrected chi connectivity index (χ3v) is 4.07. The standard InChI is InChI=1S/C14H19NO/c16-14-7-3-6-13(14)15-9-11-8-10-4-1-2-5-12(10)11/h1-2,4-5,11,13-16H,3,6-9H2. The van der Waals surface area contributed by atoms with E-state index in [1.165, 1.54) is 24.0 Å². The Labute approximate surface area is 96.7 Å². The van der Waals surface area contributed by atoms with Gasteiger partial charge >= 0.3 is 0 Å². The van der Waals surface area contributed by atoms with Gasteiger partial charge in [0.15, 0.2) is 0 Å². The summed E-state index contributed by atoms with van der Waals surface area (Å²) in [6.07, 6.45) is 4.36. The van der Waals surface area contributed by atoms with Crippen LogP contribution in [0.3, 0.4) is 0 Å². The molecule has 0 saturated heterocycles. The molecule has 2 heteroatoms. The predicted octanol–water partition coefficient (Wildman–Crippen LogP) is 1.83. The SMILES string of the molecule is OC1CCCC1NCC1Cc2ccccc21. The molecule has 2 nitrogen and oxygen atoms in total. The van der Waals surface area contributed by atoms with E-state index in [1.807, 2.05) is 0 Å². The van der Waals surface area contributed by atoms with Crippen LogP contribution in [-0.2, 0) is 6.42 Å². The van der Waals surface area contributed by atoms with Crippen molar-refractivity contribution in [2.24, 2.45) is 0 Å². The van der Waals surface area contributed by atoms with Crippen molar-refractivity contribution in [2.75, 3.05) is 6.54 Å². The van der Waals surface area contributed by atoms with Gasteiger partial charge in [0.05, 0.1) is 6.10 Å². The van der Waals surface area contributed by atoms with E-state index in [-0.39, 0.29) is 6.10 Å². The van der Waals surface area contributed by atoms with Crippen molar-refractivity contribution in [2.45, 2.75) is 43.7 Å². The molecule has 2 aliphatic carbocycles. The van der Waals surface area contributed by atoms with Crippen molar-refractivity contribution in [1.82, 2.24) is 5.32 Å². The minimum atomic E-state index is -0.115. The molecule has 0 aromatic heterocycles. The van der Waals surface area contributed by atoms with Crippen molar-refractivity contribution in [3.8, 4) is 0 Å². The summed E-state index contributed by atoms with van der Waals surface area (Å²) in [4.78, 5) is 0. The molecule has 0 radical (unpaired) electrons. The summed E-state index contributed by atoms with van der Waals surface area (Å²) in [7, 11) is 0. The highest BCUT2D eigenvalue weighted by molar-refractivity contribution is 5.40. The molecule has 0 aliphatic heterocycles. The highest BCUT2D eigenvalue weighted by Gasteiger charge is 2.29. The van der Waals surface area contributed by atoms with E-state index in [4.69, 9.17) is 0 Å². The Kier molecular flexibility index (Phi) is 2.70. The lowest BCUT2D eigenvalue weighted by Gasteiger charge is -2.31. The fourth-order valence-electron chi connectivity index (χ4n) is 3.02. The van der Waals surface area contributed by atoms with Gasteiger partial charge in [0.2, 0.25) is 0 Å². The first-order valence-corrected chi connectivity index (χ1v) is 6.34. The first-order valence-electron chi connectivity index (χ1n) is 6.34. The van der Waals surface area contributed by atoms with Crippen molar-refractivity contribution in [1.29, 1.82) is 0 Å². The van der Waals surface area contributed by atoms with Crippen LogP contribution in [0.4, 0.5) is 0 Å². The Morgan fingerprint density at radius 2 is 2.12 bits per heavy atom. The largest absolute Gasteiger partial charge is 0.392 e. The normalized spacial score (nSPS) is 32.2. The number of hydrogen-bond donors (Lipinski definition) is 2. The van der Waals surface area contributed by atoms with Gasteiger partial charge in [-0.3, -0.25) is 0 Å². The maximum Gasteiger partial charge on any atom is 0.0693 e. The Balaban J connectivity index is 1.55. The second-order valence-corrected chi connectivity index (χ2v) is 5.11. The van der Waals surface area contributed by atoms with E-state index in [0.29, 0.717) is 12.0 Å². The molecule has 1 aromatic rings.